The standard InChI is InChI=1S/C23H28O5/c1-22(25-3)23(2,26-4)28-21(16-27-22)19(17-11-7-5-8-12-17)15-20(24)18-13-9-6-10-14-18/h5-14,19,21H,15-16H2,1-4H3/t19-,21-,22-,23-/m1/s1. The highest BCUT2D eigenvalue weighted by atomic mass is 16.8. The molecule has 4 atom stereocenters. The van der Waals surface area contributed by atoms with Gasteiger partial charge in [0, 0.05) is 32.1 Å². The van der Waals surface area contributed by atoms with E-state index in [0.29, 0.717) is 18.6 Å². The molecule has 5 heteroatoms. The summed E-state index contributed by atoms with van der Waals surface area (Å²) in [6.07, 6.45) is -0.0471. The van der Waals surface area contributed by atoms with E-state index >= 15 is 0 Å². The van der Waals surface area contributed by atoms with Crippen LogP contribution < -0.4 is 0 Å². The zero-order chi connectivity index (χ0) is 20.2. The number of rotatable bonds is 7. The van der Waals surface area contributed by atoms with E-state index < -0.39 is 11.6 Å². The molecule has 1 heterocycles. The Bertz CT molecular complexity index is 778. The summed E-state index contributed by atoms with van der Waals surface area (Å²) in [7, 11) is 3.13. The van der Waals surface area contributed by atoms with Crippen molar-refractivity contribution in [3.8, 4) is 0 Å². The lowest BCUT2D eigenvalue weighted by atomic mass is 9.86. The molecule has 1 aliphatic heterocycles. The molecule has 0 spiro atoms. The van der Waals surface area contributed by atoms with Gasteiger partial charge in [0.25, 0.3) is 0 Å². The lowest BCUT2D eigenvalue weighted by molar-refractivity contribution is -0.433. The van der Waals surface area contributed by atoms with Crippen LogP contribution in [0.2, 0.25) is 0 Å². The van der Waals surface area contributed by atoms with Crippen LogP contribution in [-0.4, -0.2) is 44.3 Å². The Labute approximate surface area is 166 Å². The van der Waals surface area contributed by atoms with Crippen molar-refractivity contribution in [1.29, 1.82) is 0 Å². The summed E-state index contributed by atoms with van der Waals surface area (Å²) in [5, 5.41) is 0. The Morgan fingerprint density at radius 1 is 1.00 bits per heavy atom. The van der Waals surface area contributed by atoms with Crippen LogP contribution in [-0.2, 0) is 18.9 Å². The molecule has 1 aliphatic rings. The van der Waals surface area contributed by atoms with Gasteiger partial charge < -0.3 is 18.9 Å². The molecule has 0 bridgehead atoms. The van der Waals surface area contributed by atoms with Crippen LogP contribution in [0.4, 0.5) is 0 Å². The molecule has 0 amide bonds. The molecular formula is C23H28O5. The molecule has 2 aromatic carbocycles. The van der Waals surface area contributed by atoms with Gasteiger partial charge in [-0.25, -0.2) is 0 Å². The lowest BCUT2D eigenvalue weighted by Gasteiger charge is -2.50. The van der Waals surface area contributed by atoms with Gasteiger partial charge >= 0.3 is 0 Å². The van der Waals surface area contributed by atoms with Crippen molar-refractivity contribution in [2.75, 3.05) is 20.8 Å². The minimum absolute atomic E-state index is 0.0669. The molecular weight excluding hydrogens is 356 g/mol. The van der Waals surface area contributed by atoms with Gasteiger partial charge in [-0.15, -0.1) is 0 Å². The second-order valence-corrected chi connectivity index (χ2v) is 7.28. The first-order valence-corrected chi connectivity index (χ1v) is 9.47. The van der Waals surface area contributed by atoms with Gasteiger partial charge in [-0.2, -0.15) is 0 Å². The summed E-state index contributed by atoms with van der Waals surface area (Å²) < 4.78 is 23.6. The van der Waals surface area contributed by atoms with Crippen molar-refractivity contribution in [2.45, 2.75) is 43.9 Å². The summed E-state index contributed by atoms with van der Waals surface area (Å²) in [5.41, 5.74) is 1.72. The molecule has 150 valence electrons. The van der Waals surface area contributed by atoms with Crippen LogP contribution in [0.3, 0.4) is 0 Å². The SMILES string of the molecule is CO[C@]1(C)OC[C@H]([C@H](CC(=O)c2ccccc2)c2ccccc2)O[C@@]1(C)OC. The normalized spacial score (nSPS) is 28.6. The van der Waals surface area contributed by atoms with E-state index in [1.165, 1.54) is 0 Å². The number of hydrogen-bond donors (Lipinski definition) is 0. The largest absolute Gasteiger partial charge is 0.349 e. The predicted octanol–water partition coefficient (Wildman–Crippen LogP) is 4.18. The molecule has 0 saturated carbocycles. The number of carbonyl (C=O) groups is 1. The number of ether oxygens (including phenoxy) is 4. The van der Waals surface area contributed by atoms with E-state index in [0.717, 1.165) is 5.56 Å². The molecule has 0 N–H and O–H groups in total. The fourth-order valence-corrected chi connectivity index (χ4v) is 3.58. The van der Waals surface area contributed by atoms with Crippen molar-refractivity contribution in [2.24, 2.45) is 0 Å². The van der Waals surface area contributed by atoms with Crippen LogP contribution in [0, 0.1) is 0 Å². The highest BCUT2D eigenvalue weighted by Gasteiger charge is 2.54. The second kappa shape index (κ2) is 8.53. The number of Topliss-reactive ketones (excluding diaryl/α,β-unsaturated/α-hetero) is 1. The van der Waals surface area contributed by atoms with Gasteiger partial charge in [0.15, 0.2) is 5.78 Å². The van der Waals surface area contributed by atoms with Crippen molar-refractivity contribution in [3.63, 3.8) is 0 Å². The average Bonchev–Trinajstić information content (AvgIpc) is 2.75. The predicted molar refractivity (Wildman–Crippen MR) is 106 cm³/mol. The Morgan fingerprint density at radius 3 is 2.14 bits per heavy atom. The number of hydrogen-bond acceptors (Lipinski definition) is 5. The van der Waals surface area contributed by atoms with E-state index in [4.69, 9.17) is 18.9 Å². The fourth-order valence-electron chi connectivity index (χ4n) is 3.58. The number of ketones is 1. The molecule has 1 fully saturated rings. The Balaban J connectivity index is 1.89. The molecule has 0 radical (unpaired) electrons. The monoisotopic (exact) mass is 384 g/mol. The van der Waals surface area contributed by atoms with Crippen LogP contribution in [0.25, 0.3) is 0 Å². The highest BCUT2D eigenvalue weighted by molar-refractivity contribution is 5.96. The first kappa shape index (κ1) is 20.7. The Hall–Kier alpha value is -2.05. The van der Waals surface area contributed by atoms with Gasteiger partial charge in [-0.1, -0.05) is 60.7 Å². The third kappa shape index (κ3) is 4.03. The Morgan fingerprint density at radius 2 is 1.57 bits per heavy atom. The summed E-state index contributed by atoms with van der Waals surface area (Å²) in [6, 6.07) is 19.2. The molecule has 0 aliphatic carbocycles. The Kier molecular flexibility index (Phi) is 6.30. The molecule has 0 unspecified atom stereocenters. The lowest BCUT2D eigenvalue weighted by Crippen LogP contribution is -2.63. The minimum Gasteiger partial charge on any atom is -0.349 e. The zero-order valence-corrected chi connectivity index (χ0v) is 16.9. The van der Waals surface area contributed by atoms with E-state index in [2.05, 4.69) is 0 Å². The first-order chi connectivity index (χ1) is 13.4. The number of benzene rings is 2. The maximum Gasteiger partial charge on any atom is 0.220 e. The van der Waals surface area contributed by atoms with Gasteiger partial charge in [0.05, 0.1) is 12.7 Å². The minimum atomic E-state index is -1.10. The van der Waals surface area contributed by atoms with Crippen molar-refractivity contribution in [1.82, 2.24) is 0 Å². The van der Waals surface area contributed by atoms with Crippen LogP contribution >= 0.6 is 0 Å². The van der Waals surface area contributed by atoms with Crippen LogP contribution in [0.5, 0.6) is 0 Å². The van der Waals surface area contributed by atoms with E-state index in [9.17, 15) is 4.79 Å². The van der Waals surface area contributed by atoms with Crippen molar-refractivity contribution < 1.29 is 23.7 Å². The molecule has 1 saturated heterocycles. The third-order valence-corrected chi connectivity index (χ3v) is 5.68. The molecule has 28 heavy (non-hydrogen) atoms. The molecule has 0 aromatic heterocycles. The second-order valence-electron chi connectivity index (χ2n) is 7.28. The maximum absolute atomic E-state index is 12.9. The summed E-state index contributed by atoms with van der Waals surface area (Å²) >= 11 is 0. The first-order valence-electron chi connectivity index (χ1n) is 9.47. The van der Waals surface area contributed by atoms with Gasteiger partial charge in [-0.3, -0.25) is 4.79 Å². The topological polar surface area (TPSA) is 54.0 Å². The van der Waals surface area contributed by atoms with Gasteiger partial charge in [0.2, 0.25) is 11.6 Å². The van der Waals surface area contributed by atoms with Crippen molar-refractivity contribution >= 4 is 5.78 Å². The number of carbonyl (C=O) groups excluding carboxylic acids is 1. The molecule has 5 nitrogen and oxygen atoms in total. The zero-order valence-electron chi connectivity index (χ0n) is 16.9. The van der Waals surface area contributed by atoms with Crippen LogP contribution in [0.15, 0.2) is 60.7 Å². The smallest absolute Gasteiger partial charge is 0.220 e. The number of methoxy groups -OCH3 is 2. The van der Waals surface area contributed by atoms with Crippen molar-refractivity contribution in [3.05, 3.63) is 71.8 Å². The van der Waals surface area contributed by atoms with E-state index in [1.807, 2.05) is 60.7 Å². The molecule has 2 aromatic rings. The van der Waals surface area contributed by atoms with Gasteiger partial charge in [-0.05, 0) is 19.4 Å². The average molecular weight is 384 g/mol. The quantitative estimate of drug-likeness (QED) is 0.670. The maximum atomic E-state index is 12.9. The van der Waals surface area contributed by atoms with E-state index in [-0.39, 0.29) is 17.8 Å². The summed E-state index contributed by atoms with van der Waals surface area (Å²) in [5.74, 6) is -2.25. The highest BCUT2D eigenvalue weighted by Crippen LogP contribution is 2.41. The third-order valence-electron chi connectivity index (χ3n) is 5.68. The van der Waals surface area contributed by atoms with E-state index in [1.54, 1.807) is 28.1 Å². The van der Waals surface area contributed by atoms with Crippen LogP contribution in [0.1, 0.15) is 42.1 Å². The summed E-state index contributed by atoms with van der Waals surface area (Å²) in [6.45, 7) is 3.88. The summed E-state index contributed by atoms with van der Waals surface area (Å²) in [4.78, 5) is 12.9. The molecule has 3 rings (SSSR count). The fraction of sp³-hybridized carbons (Fsp3) is 0.435. The van der Waals surface area contributed by atoms with Gasteiger partial charge in [0.1, 0.15) is 0 Å².